The summed E-state index contributed by atoms with van der Waals surface area (Å²) in [7, 11) is 0. The van der Waals surface area contributed by atoms with Crippen molar-refractivity contribution in [3.05, 3.63) is 84.1 Å². The topological polar surface area (TPSA) is 54.0 Å². The summed E-state index contributed by atoms with van der Waals surface area (Å²) in [6, 6.07) is 19.9. The van der Waals surface area contributed by atoms with Gasteiger partial charge < -0.3 is 18.9 Å². The zero-order valence-electron chi connectivity index (χ0n) is 17.8. The number of ether oxygens (including phenoxy) is 4. The molecule has 1 aliphatic heterocycles. The monoisotopic (exact) mass is 410 g/mol. The quantitative estimate of drug-likeness (QED) is 0.593. The van der Waals surface area contributed by atoms with Crippen LogP contribution in [0.4, 0.5) is 0 Å². The zero-order valence-corrected chi connectivity index (χ0v) is 17.8. The Kier molecular flexibility index (Phi) is 7.66. The molecule has 160 valence electrons. The molecule has 0 bridgehead atoms. The summed E-state index contributed by atoms with van der Waals surface area (Å²) in [4.78, 5) is 12.2. The van der Waals surface area contributed by atoms with Gasteiger partial charge in [0.25, 0.3) is 0 Å². The highest BCUT2D eigenvalue weighted by Crippen LogP contribution is 2.23. The van der Waals surface area contributed by atoms with Gasteiger partial charge in [-0.2, -0.15) is 0 Å². The lowest BCUT2D eigenvalue weighted by molar-refractivity contribution is -0.169. The molecule has 0 radical (unpaired) electrons. The molecule has 5 nitrogen and oxygen atoms in total. The summed E-state index contributed by atoms with van der Waals surface area (Å²) in [5.74, 6) is -0.274. The highest BCUT2D eigenvalue weighted by atomic mass is 16.6. The molecular formula is C25H30O5. The first-order chi connectivity index (χ1) is 14.4. The molecule has 1 heterocycles. The molecule has 0 saturated heterocycles. The molecule has 2 aromatic rings. The van der Waals surface area contributed by atoms with Crippen LogP contribution in [0.1, 0.15) is 31.9 Å². The first kappa shape index (κ1) is 22.1. The Morgan fingerprint density at radius 2 is 1.47 bits per heavy atom. The van der Waals surface area contributed by atoms with E-state index in [1.165, 1.54) is 0 Å². The largest absolute Gasteiger partial charge is 0.492 e. The van der Waals surface area contributed by atoms with Crippen LogP contribution in [0.25, 0.3) is 0 Å². The van der Waals surface area contributed by atoms with Crippen LogP contribution in [0.5, 0.6) is 0 Å². The summed E-state index contributed by atoms with van der Waals surface area (Å²) >= 11 is 0. The second kappa shape index (κ2) is 10.4. The number of rotatable bonds is 8. The molecule has 0 aromatic heterocycles. The van der Waals surface area contributed by atoms with Crippen molar-refractivity contribution in [2.75, 3.05) is 6.61 Å². The summed E-state index contributed by atoms with van der Waals surface area (Å²) < 4.78 is 23.6. The van der Waals surface area contributed by atoms with Crippen molar-refractivity contribution in [2.45, 2.75) is 52.3 Å². The number of carbonyl (C=O) groups excluding carboxylic acids is 1. The number of hydrogen-bond donors (Lipinski definition) is 0. The van der Waals surface area contributed by atoms with Crippen LogP contribution in [0.2, 0.25) is 0 Å². The predicted octanol–water partition coefficient (Wildman–Crippen LogP) is 4.66. The van der Waals surface area contributed by atoms with Crippen molar-refractivity contribution >= 4 is 5.97 Å². The molecule has 1 aliphatic rings. The van der Waals surface area contributed by atoms with Crippen molar-refractivity contribution in [1.29, 1.82) is 0 Å². The van der Waals surface area contributed by atoms with Crippen LogP contribution < -0.4 is 0 Å². The van der Waals surface area contributed by atoms with Crippen LogP contribution in [0, 0.1) is 5.41 Å². The number of hydrogen-bond acceptors (Lipinski definition) is 5. The Morgan fingerprint density at radius 3 is 2.03 bits per heavy atom. The molecule has 30 heavy (non-hydrogen) atoms. The molecule has 5 heteroatoms. The number of esters is 1. The highest BCUT2D eigenvalue weighted by molar-refractivity contribution is 5.75. The minimum atomic E-state index is -0.575. The molecule has 0 unspecified atom stereocenters. The van der Waals surface area contributed by atoms with E-state index in [0.29, 0.717) is 13.2 Å². The van der Waals surface area contributed by atoms with E-state index in [0.717, 1.165) is 11.1 Å². The minimum Gasteiger partial charge on any atom is -0.492 e. The molecule has 0 amide bonds. The molecule has 3 atom stereocenters. The smallest absolute Gasteiger partial charge is 0.311 e. The summed E-state index contributed by atoms with van der Waals surface area (Å²) in [5.41, 5.74) is 1.56. The van der Waals surface area contributed by atoms with Gasteiger partial charge in [0.2, 0.25) is 0 Å². The molecule has 2 aromatic carbocycles. The van der Waals surface area contributed by atoms with Crippen LogP contribution in [-0.4, -0.2) is 30.9 Å². The van der Waals surface area contributed by atoms with Gasteiger partial charge in [-0.15, -0.1) is 0 Å². The standard InChI is InChI=1S/C25H30O5/c1-25(2,3)24(26)30-18-22-23(29-17-20-12-8-5-9-13-20)21(14-15-27-22)28-16-19-10-6-4-7-11-19/h4-15,21-23H,16-18H2,1-3H3/t21-,22-,23+/m1/s1. The first-order valence-electron chi connectivity index (χ1n) is 10.2. The van der Waals surface area contributed by atoms with Crippen molar-refractivity contribution in [3.8, 4) is 0 Å². The van der Waals surface area contributed by atoms with Crippen molar-refractivity contribution < 1.29 is 23.7 Å². The fourth-order valence-corrected chi connectivity index (χ4v) is 3.02. The van der Waals surface area contributed by atoms with Gasteiger partial charge in [-0.25, -0.2) is 0 Å². The Morgan fingerprint density at radius 1 is 0.900 bits per heavy atom. The van der Waals surface area contributed by atoms with Crippen LogP contribution in [-0.2, 0) is 37.0 Å². The summed E-state index contributed by atoms with van der Waals surface area (Å²) in [6.07, 6.45) is 2.27. The molecule has 0 saturated carbocycles. The Bertz CT molecular complexity index is 810. The van der Waals surface area contributed by atoms with E-state index in [1.807, 2.05) is 87.5 Å². The maximum absolute atomic E-state index is 12.2. The van der Waals surface area contributed by atoms with E-state index < -0.39 is 17.6 Å². The summed E-state index contributed by atoms with van der Waals surface area (Å²) in [5, 5.41) is 0. The van der Waals surface area contributed by atoms with E-state index in [9.17, 15) is 4.79 Å². The maximum atomic E-state index is 12.2. The van der Waals surface area contributed by atoms with E-state index in [-0.39, 0.29) is 18.7 Å². The third kappa shape index (κ3) is 6.44. The fourth-order valence-electron chi connectivity index (χ4n) is 3.02. The van der Waals surface area contributed by atoms with Crippen LogP contribution in [0.3, 0.4) is 0 Å². The predicted molar refractivity (Wildman–Crippen MR) is 114 cm³/mol. The third-order valence-corrected chi connectivity index (χ3v) is 4.77. The van der Waals surface area contributed by atoms with Gasteiger partial charge in [-0.1, -0.05) is 60.7 Å². The molecule has 0 fully saturated rings. The average Bonchev–Trinajstić information content (AvgIpc) is 2.75. The Labute approximate surface area is 178 Å². The van der Waals surface area contributed by atoms with Crippen molar-refractivity contribution in [3.63, 3.8) is 0 Å². The SMILES string of the molecule is CC(C)(C)C(=O)OC[C@H]1OC=C[C@@H](OCc2ccccc2)[C@@H]1OCc1ccccc1. The minimum absolute atomic E-state index is 0.102. The molecule has 0 N–H and O–H groups in total. The van der Waals surface area contributed by atoms with Gasteiger partial charge >= 0.3 is 5.97 Å². The Balaban J connectivity index is 1.67. The van der Waals surface area contributed by atoms with Gasteiger partial charge in [-0.3, -0.25) is 4.79 Å². The Hall–Kier alpha value is -2.63. The third-order valence-electron chi connectivity index (χ3n) is 4.77. The molecular weight excluding hydrogens is 380 g/mol. The van der Waals surface area contributed by atoms with E-state index in [1.54, 1.807) is 6.26 Å². The second-order valence-electron chi connectivity index (χ2n) is 8.37. The van der Waals surface area contributed by atoms with Crippen molar-refractivity contribution in [2.24, 2.45) is 5.41 Å². The van der Waals surface area contributed by atoms with E-state index >= 15 is 0 Å². The lowest BCUT2D eigenvalue weighted by Gasteiger charge is -2.34. The lowest BCUT2D eigenvalue weighted by atomic mass is 9.97. The van der Waals surface area contributed by atoms with Crippen LogP contribution >= 0.6 is 0 Å². The number of benzene rings is 2. The first-order valence-corrected chi connectivity index (χ1v) is 10.2. The van der Waals surface area contributed by atoms with Gasteiger partial charge in [-0.05, 0) is 38.0 Å². The number of carbonyl (C=O) groups is 1. The van der Waals surface area contributed by atoms with E-state index in [4.69, 9.17) is 18.9 Å². The second-order valence-corrected chi connectivity index (χ2v) is 8.37. The van der Waals surface area contributed by atoms with Gasteiger partial charge in [0.15, 0.2) is 6.10 Å². The van der Waals surface area contributed by atoms with Crippen molar-refractivity contribution in [1.82, 2.24) is 0 Å². The van der Waals surface area contributed by atoms with Crippen LogP contribution in [0.15, 0.2) is 73.0 Å². The highest BCUT2D eigenvalue weighted by Gasteiger charge is 2.36. The zero-order chi connectivity index (χ0) is 21.4. The van der Waals surface area contributed by atoms with Gasteiger partial charge in [0.1, 0.15) is 18.8 Å². The molecule has 3 rings (SSSR count). The average molecular weight is 411 g/mol. The fraction of sp³-hybridized carbons (Fsp3) is 0.400. The summed E-state index contributed by atoms with van der Waals surface area (Å²) in [6.45, 7) is 6.45. The van der Waals surface area contributed by atoms with E-state index in [2.05, 4.69) is 0 Å². The van der Waals surface area contributed by atoms with Gasteiger partial charge in [0.05, 0.1) is 24.9 Å². The molecule has 0 aliphatic carbocycles. The lowest BCUT2D eigenvalue weighted by Crippen LogP contribution is -2.46. The normalized spacial score (nSPS) is 21.1. The maximum Gasteiger partial charge on any atom is 0.311 e. The molecule has 0 spiro atoms. The van der Waals surface area contributed by atoms with Gasteiger partial charge in [0, 0.05) is 0 Å².